The van der Waals surface area contributed by atoms with Gasteiger partial charge >= 0.3 is 0 Å². The van der Waals surface area contributed by atoms with Crippen LogP contribution in [0.25, 0.3) is 0 Å². The van der Waals surface area contributed by atoms with E-state index in [-0.39, 0.29) is 5.91 Å². The van der Waals surface area contributed by atoms with Crippen molar-refractivity contribution in [2.45, 2.75) is 32.6 Å². The van der Waals surface area contributed by atoms with E-state index in [1.54, 1.807) is 17.4 Å². The van der Waals surface area contributed by atoms with Crippen molar-refractivity contribution in [3.63, 3.8) is 0 Å². The van der Waals surface area contributed by atoms with Crippen LogP contribution < -0.4 is 5.32 Å². The second kappa shape index (κ2) is 5.58. The van der Waals surface area contributed by atoms with Gasteiger partial charge in [0, 0.05) is 15.6 Å². The number of amides is 1. The number of halogens is 1. The van der Waals surface area contributed by atoms with Crippen LogP contribution in [0.1, 0.15) is 38.5 Å². The van der Waals surface area contributed by atoms with Gasteiger partial charge < -0.3 is 5.32 Å². The van der Waals surface area contributed by atoms with Crippen molar-refractivity contribution in [1.29, 1.82) is 0 Å². The number of fused-ring (bicyclic) bond motifs is 1. The van der Waals surface area contributed by atoms with Crippen LogP contribution in [-0.4, -0.2) is 5.91 Å². The Hall–Kier alpha value is -1.32. The zero-order valence-electron chi connectivity index (χ0n) is 11.3. The van der Waals surface area contributed by atoms with Crippen LogP contribution in [0.2, 0.25) is 5.02 Å². The van der Waals surface area contributed by atoms with Crippen LogP contribution in [0.15, 0.2) is 24.3 Å². The maximum absolute atomic E-state index is 12.3. The van der Waals surface area contributed by atoms with E-state index in [0.717, 1.165) is 29.0 Å². The highest BCUT2D eigenvalue weighted by atomic mass is 35.5. The first-order chi connectivity index (χ1) is 9.63. The number of rotatable bonds is 2. The highest BCUT2D eigenvalue weighted by Crippen LogP contribution is 2.30. The number of carbonyl (C=O) groups excluding carboxylic acids is 1. The fourth-order valence-corrected chi connectivity index (χ4v) is 3.93. The summed E-state index contributed by atoms with van der Waals surface area (Å²) < 4.78 is 0. The third-order valence-corrected chi connectivity index (χ3v) is 5.13. The van der Waals surface area contributed by atoms with Crippen molar-refractivity contribution >= 4 is 34.5 Å². The largest absolute Gasteiger partial charge is 0.321 e. The summed E-state index contributed by atoms with van der Waals surface area (Å²) in [4.78, 5) is 14.5. The Kier molecular flexibility index (Phi) is 3.81. The minimum Gasteiger partial charge on any atom is -0.321 e. The van der Waals surface area contributed by atoms with E-state index in [2.05, 4.69) is 11.4 Å². The molecule has 104 valence electrons. The number of benzene rings is 1. The molecule has 0 aliphatic heterocycles. The van der Waals surface area contributed by atoms with Crippen LogP contribution in [-0.2, 0) is 12.8 Å². The van der Waals surface area contributed by atoms with Gasteiger partial charge in [-0.05, 0) is 68.0 Å². The molecule has 1 aromatic carbocycles. The molecule has 1 heterocycles. The lowest BCUT2D eigenvalue weighted by Gasteiger charge is -2.08. The topological polar surface area (TPSA) is 29.1 Å². The van der Waals surface area contributed by atoms with Crippen LogP contribution in [0.5, 0.6) is 0 Å². The Morgan fingerprint density at radius 2 is 2.05 bits per heavy atom. The molecule has 0 atom stereocenters. The number of hydrogen-bond donors (Lipinski definition) is 1. The molecule has 20 heavy (non-hydrogen) atoms. The fraction of sp³-hybridized carbons (Fsp3) is 0.312. The Morgan fingerprint density at radius 1 is 1.25 bits per heavy atom. The van der Waals surface area contributed by atoms with Gasteiger partial charge in [0.05, 0.1) is 4.88 Å². The van der Waals surface area contributed by atoms with Gasteiger partial charge in [0.1, 0.15) is 0 Å². The minimum absolute atomic E-state index is 0.0187. The van der Waals surface area contributed by atoms with E-state index in [0.29, 0.717) is 5.02 Å². The number of carbonyl (C=O) groups is 1. The van der Waals surface area contributed by atoms with Gasteiger partial charge in [-0.2, -0.15) is 0 Å². The summed E-state index contributed by atoms with van der Waals surface area (Å²) in [5, 5.41) is 3.66. The Balaban J connectivity index is 1.80. The van der Waals surface area contributed by atoms with Crippen molar-refractivity contribution in [3.8, 4) is 0 Å². The molecule has 0 radical (unpaired) electrons. The summed E-state index contributed by atoms with van der Waals surface area (Å²) in [6, 6.07) is 7.56. The molecule has 4 heteroatoms. The van der Waals surface area contributed by atoms with Gasteiger partial charge in [0.15, 0.2) is 0 Å². The van der Waals surface area contributed by atoms with Crippen molar-refractivity contribution in [2.24, 2.45) is 0 Å². The van der Waals surface area contributed by atoms with Gasteiger partial charge in [0.25, 0.3) is 5.91 Å². The number of nitrogens with one attached hydrogen (secondary N) is 1. The van der Waals surface area contributed by atoms with E-state index in [1.807, 2.05) is 19.1 Å². The first-order valence-corrected chi connectivity index (χ1v) is 8.02. The van der Waals surface area contributed by atoms with Crippen molar-refractivity contribution in [3.05, 3.63) is 50.2 Å². The van der Waals surface area contributed by atoms with Gasteiger partial charge in [-0.3, -0.25) is 4.79 Å². The molecular weight excluding hydrogens is 290 g/mol. The predicted molar refractivity (Wildman–Crippen MR) is 85.1 cm³/mol. The lowest BCUT2D eigenvalue weighted by Crippen LogP contribution is -2.11. The standard InChI is InChI=1S/C16H16ClNOS/c1-10-8-12(17)6-7-13(10)18-16(19)15-9-11-4-2-3-5-14(11)20-15/h6-9H,2-5H2,1H3,(H,18,19). The Labute approximate surface area is 127 Å². The highest BCUT2D eigenvalue weighted by Gasteiger charge is 2.17. The number of aryl methyl sites for hydroxylation is 3. The van der Waals surface area contributed by atoms with Crippen molar-refractivity contribution in [2.75, 3.05) is 5.32 Å². The fourth-order valence-electron chi connectivity index (χ4n) is 2.55. The van der Waals surface area contributed by atoms with E-state index >= 15 is 0 Å². The summed E-state index contributed by atoms with van der Waals surface area (Å²) in [5.41, 5.74) is 3.16. The lowest BCUT2D eigenvalue weighted by molar-refractivity contribution is 0.103. The Morgan fingerprint density at radius 3 is 2.80 bits per heavy atom. The Bertz CT molecular complexity index is 639. The average molecular weight is 306 g/mol. The smallest absolute Gasteiger partial charge is 0.265 e. The molecule has 1 amide bonds. The summed E-state index contributed by atoms with van der Waals surface area (Å²) >= 11 is 7.56. The average Bonchev–Trinajstić information content (AvgIpc) is 2.86. The highest BCUT2D eigenvalue weighted by molar-refractivity contribution is 7.14. The molecule has 1 aliphatic rings. The van der Waals surface area contributed by atoms with Gasteiger partial charge in [-0.15, -0.1) is 11.3 Å². The normalized spacial score (nSPS) is 13.9. The summed E-state index contributed by atoms with van der Waals surface area (Å²) in [7, 11) is 0. The van der Waals surface area contributed by atoms with Gasteiger partial charge in [-0.1, -0.05) is 11.6 Å². The van der Waals surface area contributed by atoms with Crippen molar-refractivity contribution < 1.29 is 4.79 Å². The summed E-state index contributed by atoms with van der Waals surface area (Å²) in [6.07, 6.45) is 4.71. The zero-order valence-corrected chi connectivity index (χ0v) is 12.9. The maximum Gasteiger partial charge on any atom is 0.265 e. The molecule has 1 aliphatic carbocycles. The maximum atomic E-state index is 12.3. The molecule has 0 saturated carbocycles. The predicted octanol–water partition coefficient (Wildman–Crippen LogP) is 4.84. The molecule has 0 saturated heterocycles. The van der Waals surface area contributed by atoms with E-state index in [4.69, 9.17) is 11.6 Å². The molecule has 0 spiro atoms. The van der Waals surface area contributed by atoms with E-state index < -0.39 is 0 Å². The third kappa shape index (κ3) is 2.74. The van der Waals surface area contributed by atoms with Crippen LogP contribution >= 0.6 is 22.9 Å². The molecule has 3 rings (SSSR count). The number of thiophene rings is 1. The second-order valence-electron chi connectivity index (χ2n) is 5.18. The number of anilines is 1. The van der Waals surface area contributed by atoms with Gasteiger partial charge in [-0.25, -0.2) is 0 Å². The molecule has 0 bridgehead atoms. The lowest BCUT2D eigenvalue weighted by atomic mass is 9.99. The van der Waals surface area contributed by atoms with Crippen molar-refractivity contribution in [1.82, 2.24) is 0 Å². The molecule has 0 fully saturated rings. The number of hydrogen-bond acceptors (Lipinski definition) is 2. The minimum atomic E-state index is -0.0187. The quantitative estimate of drug-likeness (QED) is 0.845. The monoisotopic (exact) mass is 305 g/mol. The van der Waals surface area contributed by atoms with E-state index in [9.17, 15) is 4.79 Å². The molecule has 1 N–H and O–H groups in total. The third-order valence-electron chi connectivity index (χ3n) is 3.66. The molecule has 1 aromatic heterocycles. The van der Waals surface area contributed by atoms with Gasteiger partial charge in [0.2, 0.25) is 0 Å². The van der Waals surface area contributed by atoms with Crippen LogP contribution in [0.4, 0.5) is 5.69 Å². The van der Waals surface area contributed by atoms with Crippen LogP contribution in [0.3, 0.4) is 0 Å². The summed E-state index contributed by atoms with van der Waals surface area (Å²) in [5.74, 6) is -0.0187. The first kappa shape index (κ1) is 13.7. The molecule has 0 unspecified atom stereocenters. The molecule has 2 nitrogen and oxygen atoms in total. The first-order valence-electron chi connectivity index (χ1n) is 6.82. The van der Waals surface area contributed by atoms with Crippen LogP contribution in [0, 0.1) is 6.92 Å². The van der Waals surface area contributed by atoms with E-state index in [1.165, 1.54) is 23.3 Å². The SMILES string of the molecule is Cc1cc(Cl)ccc1NC(=O)c1cc2c(s1)CCCC2. The molecular formula is C16H16ClNOS. The summed E-state index contributed by atoms with van der Waals surface area (Å²) in [6.45, 7) is 1.95. The zero-order chi connectivity index (χ0) is 14.1. The molecule has 2 aromatic rings. The second-order valence-corrected chi connectivity index (χ2v) is 6.75.